The fourth-order valence-corrected chi connectivity index (χ4v) is 9.21. The number of halogens is 1. The lowest BCUT2D eigenvalue weighted by Crippen LogP contribution is -2.67. The first-order valence-electron chi connectivity index (χ1n) is 10.9. The Hall–Kier alpha value is -2.26. The maximum Gasteiger partial charge on any atom is 0.261 e. The Labute approximate surface area is 195 Å². The molecule has 1 aliphatic rings. The predicted octanol–water partition coefficient (Wildman–Crippen LogP) is 3.97. The molecule has 0 aromatic heterocycles. The van der Waals surface area contributed by atoms with Crippen molar-refractivity contribution < 1.29 is 23.0 Å². The van der Waals surface area contributed by atoms with E-state index in [0.29, 0.717) is 0 Å². The van der Waals surface area contributed by atoms with E-state index in [4.69, 9.17) is 24.2 Å². The highest BCUT2D eigenvalue weighted by atomic mass is 28.4. The van der Waals surface area contributed by atoms with Crippen LogP contribution in [0.5, 0.6) is 0 Å². The first-order chi connectivity index (χ1) is 15.8. The number of benzene rings is 2. The summed E-state index contributed by atoms with van der Waals surface area (Å²) >= 11 is 0. The topological polar surface area (TPSA) is 85.7 Å². The summed E-state index contributed by atoms with van der Waals surface area (Å²) in [5.74, 6) is 0. The maximum atomic E-state index is 15.2. The van der Waals surface area contributed by atoms with Gasteiger partial charge in [-0.05, 0) is 20.9 Å². The molecule has 2 aromatic rings. The van der Waals surface area contributed by atoms with Gasteiger partial charge in [0.25, 0.3) is 8.32 Å². The van der Waals surface area contributed by atoms with Crippen LogP contribution < -0.4 is 10.4 Å². The van der Waals surface area contributed by atoms with Gasteiger partial charge in [-0.3, -0.25) is 0 Å². The van der Waals surface area contributed by atoms with Crippen LogP contribution in [-0.2, 0) is 18.6 Å². The van der Waals surface area contributed by atoms with Gasteiger partial charge >= 0.3 is 0 Å². The minimum Gasteiger partial charge on any atom is -0.405 e. The molecular weight excluding hydrogens is 441 g/mol. The van der Waals surface area contributed by atoms with Gasteiger partial charge in [-0.15, -0.1) is 0 Å². The third-order valence-electron chi connectivity index (χ3n) is 6.15. The van der Waals surface area contributed by atoms with Crippen molar-refractivity contribution in [2.75, 3.05) is 20.8 Å². The second kappa shape index (κ2) is 10.8. The van der Waals surface area contributed by atoms with E-state index in [2.05, 4.69) is 55.1 Å². The van der Waals surface area contributed by atoms with Gasteiger partial charge in [0.05, 0.1) is 18.8 Å². The molecule has 7 nitrogen and oxygen atoms in total. The summed E-state index contributed by atoms with van der Waals surface area (Å²) in [6.07, 6.45) is -4.31. The van der Waals surface area contributed by atoms with Crippen molar-refractivity contribution in [1.82, 2.24) is 0 Å². The van der Waals surface area contributed by atoms with E-state index in [9.17, 15) is 0 Å². The summed E-state index contributed by atoms with van der Waals surface area (Å²) in [6.45, 7) is 6.54. The van der Waals surface area contributed by atoms with E-state index >= 15 is 4.39 Å². The molecule has 0 aliphatic carbocycles. The third-order valence-corrected chi connectivity index (χ3v) is 11.2. The number of hydrogen-bond donors (Lipinski definition) is 0. The van der Waals surface area contributed by atoms with Gasteiger partial charge in [0.1, 0.15) is 12.3 Å². The van der Waals surface area contributed by atoms with Crippen LogP contribution in [-0.4, -0.2) is 59.9 Å². The Balaban J connectivity index is 2.01. The number of nitrogens with zero attached hydrogens (tertiary/aromatic N) is 3. The van der Waals surface area contributed by atoms with Gasteiger partial charge in [0.15, 0.2) is 6.29 Å². The first kappa shape index (κ1) is 25.4. The first-order valence-corrected chi connectivity index (χ1v) is 12.8. The van der Waals surface area contributed by atoms with Crippen molar-refractivity contribution >= 4 is 18.7 Å². The van der Waals surface area contributed by atoms with Crippen molar-refractivity contribution in [2.45, 2.75) is 56.5 Å². The highest BCUT2D eigenvalue weighted by Crippen LogP contribution is 2.38. The predicted molar refractivity (Wildman–Crippen MR) is 128 cm³/mol. The quantitative estimate of drug-likeness (QED) is 0.181. The maximum absolute atomic E-state index is 15.2. The SMILES string of the molecule is COC(OC)[C@@H]1O[C@@H](CO[Si](c2ccccc2)(c2ccccc2)C(C)(C)C)[C@H](N=[N+]=[N-])[C@H]1F. The lowest BCUT2D eigenvalue weighted by molar-refractivity contribution is -0.187. The highest BCUT2D eigenvalue weighted by molar-refractivity contribution is 6.99. The molecule has 3 rings (SSSR count). The molecule has 0 saturated carbocycles. The molecule has 1 heterocycles. The zero-order valence-electron chi connectivity index (χ0n) is 19.7. The van der Waals surface area contributed by atoms with Crippen molar-refractivity contribution in [3.05, 3.63) is 71.1 Å². The van der Waals surface area contributed by atoms with Crippen LogP contribution in [0.2, 0.25) is 5.04 Å². The van der Waals surface area contributed by atoms with Crippen molar-refractivity contribution in [2.24, 2.45) is 5.11 Å². The molecule has 1 fully saturated rings. The van der Waals surface area contributed by atoms with Crippen LogP contribution >= 0.6 is 0 Å². The molecule has 33 heavy (non-hydrogen) atoms. The largest absolute Gasteiger partial charge is 0.405 e. The second-order valence-electron chi connectivity index (χ2n) is 9.09. The van der Waals surface area contributed by atoms with Gasteiger partial charge in [0, 0.05) is 19.1 Å². The normalized spacial score (nSPS) is 23.5. The van der Waals surface area contributed by atoms with Crippen LogP contribution in [0.4, 0.5) is 4.39 Å². The average molecular weight is 474 g/mol. The lowest BCUT2D eigenvalue weighted by Gasteiger charge is -2.43. The number of rotatable bonds is 9. The van der Waals surface area contributed by atoms with Crippen LogP contribution in [0.1, 0.15) is 20.8 Å². The fourth-order valence-electron chi connectivity index (χ4n) is 4.64. The Morgan fingerprint density at radius 1 is 1.03 bits per heavy atom. The average Bonchev–Trinajstić information content (AvgIpc) is 3.11. The fraction of sp³-hybridized carbons (Fsp3) is 0.500. The molecule has 0 N–H and O–H groups in total. The minimum absolute atomic E-state index is 0.0635. The molecule has 0 amide bonds. The van der Waals surface area contributed by atoms with Crippen molar-refractivity contribution in [3.63, 3.8) is 0 Å². The molecule has 1 aliphatic heterocycles. The van der Waals surface area contributed by atoms with E-state index in [1.807, 2.05) is 36.4 Å². The number of alkyl halides is 1. The molecule has 9 heteroatoms. The molecule has 2 aromatic carbocycles. The molecule has 0 unspecified atom stereocenters. The number of methoxy groups -OCH3 is 2. The van der Waals surface area contributed by atoms with Crippen LogP contribution in [0.25, 0.3) is 10.4 Å². The van der Waals surface area contributed by atoms with Crippen LogP contribution in [0.3, 0.4) is 0 Å². The number of azide groups is 1. The minimum atomic E-state index is -2.86. The van der Waals surface area contributed by atoms with Crippen molar-refractivity contribution in [3.8, 4) is 0 Å². The Morgan fingerprint density at radius 2 is 1.55 bits per heavy atom. The van der Waals surface area contributed by atoms with Gasteiger partial charge in [-0.1, -0.05) is 86.5 Å². The van der Waals surface area contributed by atoms with E-state index < -0.39 is 39.0 Å². The summed E-state index contributed by atoms with van der Waals surface area (Å²) in [5, 5.41) is 5.65. The summed E-state index contributed by atoms with van der Waals surface area (Å²) in [4.78, 5) is 2.85. The molecule has 178 valence electrons. The van der Waals surface area contributed by atoms with Crippen LogP contribution in [0, 0.1) is 0 Å². The van der Waals surface area contributed by atoms with Gasteiger partial charge < -0.3 is 18.6 Å². The number of hydrogen-bond acceptors (Lipinski definition) is 5. The zero-order chi connectivity index (χ0) is 24.1. The summed E-state index contributed by atoms with van der Waals surface area (Å²) in [7, 11) is -0.0256. The summed E-state index contributed by atoms with van der Waals surface area (Å²) in [5.41, 5.74) is 9.06. The Kier molecular flexibility index (Phi) is 8.28. The number of ether oxygens (including phenoxy) is 3. The lowest BCUT2D eigenvalue weighted by atomic mass is 10.1. The van der Waals surface area contributed by atoms with E-state index in [1.54, 1.807) is 0 Å². The van der Waals surface area contributed by atoms with E-state index in [0.717, 1.165) is 10.4 Å². The van der Waals surface area contributed by atoms with Crippen LogP contribution in [0.15, 0.2) is 65.8 Å². The van der Waals surface area contributed by atoms with Gasteiger partial charge in [-0.2, -0.15) is 0 Å². The van der Waals surface area contributed by atoms with Gasteiger partial charge in [0.2, 0.25) is 0 Å². The summed E-state index contributed by atoms with van der Waals surface area (Å²) in [6, 6.07) is 19.2. The third kappa shape index (κ3) is 4.99. The monoisotopic (exact) mass is 473 g/mol. The molecule has 0 bridgehead atoms. The summed E-state index contributed by atoms with van der Waals surface area (Å²) < 4.78 is 38.5. The van der Waals surface area contributed by atoms with Gasteiger partial charge in [-0.25, -0.2) is 4.39 Å². The van der Waals surface area contributed by atoms with Crippen molar-refractivity contribution in [1.29, 1.82) is 0 Å². The molecular formula is C24H32FN3O4Si. The Bertz CT molecular complexity index is 894. The Morgan fingerprint density at radius 3 is 1.97 bits per heavy atom. The zero-order valence-corrected chi connectivity index (χ0v) is 20.7. The molecule has 4 atom stereocenters. The van der Waals surface area contributed by atoms with E-state index in [-0.39, 0.29) is 11.6 Å². The second-order valence-corrected chi connectivity index (χ2v) is 13.4. The molecule has 0 spiro atoms. The standard InChI is InChI=1S/C24H32FN3O4Si/c1-24(2,3)33(17-12-8-6-9-13-17,18-14-10-7-11-15-18)31-16-19-21(27-28-26)20(25)22(32-19)23(29-4)30-5/h6-15,19-23H,16H2,1-5H3/t19-,20+,21-,22+/m0/s1. The smallest absolute Gasteiger partial charge is 0.261 e. The molecule has 1 saturated heterocycles. The highest BCUT2D eigenvalue weighted by Gasteiger charge is 2.53. The van der Waals surface area contributed by atoms with E-state index in [1.165, 1.54) is 14.2 Å². The molecule has 0 radical (unpaired) electrons.